The molecule has 1 aliphatic heterocycles. The molecule has 4 aromatic rings. The van der Waals surface area contributed by atoms with Crippen LogP contribution in [0.3, 0.4) is 0 Å². The number of hydrogen-bond acceptors (Lipinski definition) is 0. The maximum atomic E-state index is 2.42. The van der Waals surface area contributed by atoms with Gasteiger partial charge in [-0.1, -0.05) is 48.5 Å². The van der Waals surface area contributed by atoms with Crippen LogP contribution in [0.15, 0.2) is 66.7 Å². The molecular formula is C23H19N2+. The molecule has 3 aromatic carbocycles. The van der Waals surface area contributed by atoms with Gasteiger partial charge in [0.2, 0.25) is 0 Å². The zero-order chi connectivity index (χ0) is 17.0. The van der Waals surface area contributed by atoms with Crippen molar-refractivity contribution in [3.05, 3.63) is 83.4 Å². The number of para-hydroxylation sites is 2. The summed E-state index contributed by atoms with van der Waals surface area (Å²) in [6, 6.07) is 23.8. The van der Waals surface area contributed by atoms with E-state index in [-0.39, 0.29) is 0 Å². The second-order valence-electron chi connectivity index (χ2n) is 6.64. The minimum absolute atomic E-state index is 1.22. The summed E-state index contributed by atoms with van der Waals surface area (Å²) < 4.78 is 4.74. The molecule has 0 saturated carbocycles. The van der Waals surface area contributed by atoms with Gasteiger partial charge in [-0.15, -0.1) is 0 Å². The standard InChI is InChI=1S/C23H19N2/c1-16-8-3-5-11-19(16)23-24(2)21-13-7-10-18-15-14-17-9-4-6-12-20(17)25(23)22(18)21/h3-15H,1-2H3/q+1. The van der Waals surface area contributed by atoms with E-state index in [0.717, 1.165) is 0 Å². The van der Waals surface area contributed by atoms with Gasteiger partial charge in [0.25, 0.3) is 5.82 Å². The molecule has 0 N–H and O–H groups in total. The van der Waals surface area contributed by atoms with Crippen molar-refractivity contribution in [2.45, 2.75) is 6.92 Å². The monoisotopic (exact) mass is 323 g/mol. The molecule has 0 fully saturated rings. The number of rotatable bonds is 1. The van der Waals surface area contributed by atoms with Crippen LogP contribution in [0.5, 0.6) is 0 Å². The van der Waals surface area contributed by atoms with Crippen molar-refractivity contribution in [2.75, 3.05) is 0 Å². The molecule has 2 heteroatoms. The van der Waals surface area contributed by atoms with Crippen LogP contribution >= 0.6 is 0 Å². The molecule has 2 heterocycles. The number of fused-ring (bicyclic) bond motifs is 2. The second-order valence-corrected chi connectivity index (χ2v) is 6.64. The third-order valence-corrected chi connectivity index (χ3v) is 5.17. The predicted molar refractivity (Wildman–Crippen MR) is 104 cm³/mol. The van der Waals surface area contributed by atoms with Gasteiger partial charge in [0.15, 0.2) is 11.0 Å². The number of aryl methyl sites for hydroxylation is 2. The number of benzene rings is 3. The average molecular weight is 323 g/mol. The van der Waals surface area contributed by atoms with Crippen molar-refractivity contribution < 1.29 is 4.57 Å². The molecule has 1 aliphatic rings. The van der Waals surface area contributed by atoms with Gasteiger partial charge < -0.3 is 0 Å². The number of aromatic nitrogens is 2. The van der Waals surface area contributed by atoms with Gasteiger partial charge in [-0.25, -0.2) is 4.57 Å². The normalized spacial score (nSPS) is 12.2. The topological polar surface area (TPSA) is 8.81 Å². The van der Waals surface area contributed by atoms with E-state index in [9.17, 15) is 0 Å². The first-order valence-electron chi connectivity index (χ1n) is 8.62. The van der Waals surface area contributed by atoms with Crippen LogP contribution in [0.25, 0.3) is 40.3 Å². The number of nitrogens with zero attached hydrogens (tertiary/aromatic N) is 2. The molecule has 0 aliphatic carbocycles. The Bertz CT molecular complexity index is 1160. The Morgan fingerprint density at radius 2 is 1.48 bits per heavy atom. The lowest BCUT2D eigenvalue weighted by Gasteiger charge is -2.07. The van der Waals surface area contributed by atoms with Crippen LogP contribution in [0, 0.1) is 6.92 Å². The van der Waals surface area contributed by atoms with Crippen molar-refractivity contribution in [1.82, 2.24) is 4.57 Å². The van der Waals surface area contributed by atoms with E-state index in [1.807, 2.05) is 0 Å². The summed E-state index contributed by atoms with van der Waals surface area (Å²) in [5.41, 5.74) is 8.79. The lowest BCUT2D eigenvalue weighted by atomic mass is 10.1. The Labute approximate surface area is 147 Å². The van der Waals surface area contributed by atoms with E-state index in [0.29, 0.717) is 0 Å². The Hall–Kier alpha value is -3.13. The van der Waals surface area contributed by atoms with Gasteiger partial charge in [-0.3, -0.25) is 0 Å². The highest BCUT2D eigenvalue weighted by molar-refractivity contribution is 5.93. The van der Waals surface area contributed by atoms with Crippen LogP contribution in [-0.2, 0) is 7.05 Å². The van der Waals surface area contributed by atoms with Crippen LogP contribution in [0.4, 0.5) is 0 Å². The maximum Gasteiger partial charge on any atom is 0.295 e. The van der Waals surface area contributed by atoms with Crippen LogP contribution < -0.4 is 4.57 Å². The fourth-order valence-electron chi connectivity index (χ4n) is 3.94. The zero-order valence-electron chi connectivity index (χ0n) is 14.4. The molecule has 0 atom stereocenters. The Morgan fingerprint density at radius 3 is 2.36 bits per heavy atom. The maximum absolute atomic E-state index is 2.42. The van der Waals surface area contributed by atoms with Gasteiger partial charge in [-0.05, 0) is 42.8 Å². The minimum atomic E-state index is 1.22. The molecule has 0 spiro atoms. The predicted octanol–water partition coefficient (Wildman–Crippen LogP) is 4.91. The summed E-state index contributed by atoms with van der Waals surface area (Å²) in [7, 11) is 2.16. The molecule has 0 unspecified atom stereocenters. The van der Waals surface area contributed by atoms with E-state index in [1.165, 1.54) is 44.8 Å². The van der Waals surface area contributed by atoms with E-state index < -0.39 is 0 Å². The first-order chi connectivity index (χ1) is 12.3. The minimum Gasteiger partial charge on any atom is -0.225 e. The van der Waals surface area contributed by atoms with E-state index >= 15 is 0 Å². The molecule has 0 radical (unpaired) electrons. The summed E-state index contributed by atoms with van der Waals surface area (Å²) in [5, 5.41) is 0. The van der Waals surface area contributed by atoms with E-state index in [4.69, 9.17) is 0 Å². The summed E-state index contributed by atoms with van der Waals surface area (Å²) >= 11 is 0. The highest BCUT2D eigenvalue weighted by Gasteiger charge is 2.30. The van der Waals surface area contributed by atoms with Crippen LogP contribution in [0.1, 0.15) is 16.7 Å². The van der Waals surface area contributed by atoms with Gasteiger partial charge in [0.1, 0.15) is 5.69 Å². The summed E-state index contributed by atoms with van der Waals surface area (Å²) in [6.07, 6.45) is 4.45. The third-order valence-electron chi connectivity index (χ3n) is 5.17. The van der Waals surface area contributed by atoms with Crippen molar-refractivity contribution in [3.63, 3.8) is 0 Å². The SMILES string of the molecule is Cc1ccccc1-c1n2c3c(cccc3[n+]1C)C=Cc1ccccc1-2. The van der Waals surface area contributed by atoms with E-state index in [1.54, 1.807) is 0 Å². The Morgan fingerprint density at radius 1 is 0.760 bits per heavy atom. The molecule has 0 amide bonds. The summed E-state index contributed by atoms with van der Waals surface area (Å²) in [4.78, 5) is 0. The molecule has 5 rings (SSSR count). The van der Waals surface area contributed by atoms with Crippen molar-refractivity contribution in [1.29, 1.82) is 0 Å². The molecule has 1 aromatic heterocycles. The summed E-state index contributed by atoms with van der Waals surface area (Å²) in [5.74, 6) is 1.22. The van der Waals surface area contributed by atoms with Gasteiger partial charge in [-0.2, -0.15) is 4.57 Å². The van der Waals surface area contributed by atoms with Crippen LogP contribution in [0.2, 0.25) is 0 Å². The smallest absolute Gasteiger partial charge is 0.225 e. The highest BCUT2D eigenvalue weighted by atomic mass is 15.2. The molecule has 25 heavy (non-hydrogen) atoms. The highest BCUT2D eigenvalue weighted by Crippen LogP contribution is 2.34. The fraction of sp³-hybridized carbons (Fsp3) is 0.0870. The lowest BCUT2D eigenvalue weighted by molar-refractivity contribution is -0.633. The molecule has 120 valence electrons. The number of hydrogen-bond donors (Lipinski definition) is 0. The third kappa shape index (κ3) is 1.94. The summed E-state index contributed by atoms with van der Waals surface area (Å²) in [6.45, 7) is 2.18. The fourth-order valence-corrected chi connectivity index (χ4v) is 3.94. The lowest BCUT2D eigenvalue weighted by Crippen LogP contribution is -2.30. The Balaban J connectivity index is 2.02. The Kier molecular flexibility index (Phi) is 2.95. The first-order valence-corrected chi connectivity index (χ1v) is 8.62. The largest absolute Gasteiger partial charge is 0.295 e. The quantitative estimate of drug-likeness (QED) is 0.387. The molecule has 0 saturated heterocycles. The van der Waals surface area contributed by atoms with Gasteiger partial charge in [0, 0.05) is 11.1 Å². The van der Waals surface area contributed by atoms with Crippen LogP contribution in [-0.4, -0.2) is 4.57 Å². The van der Waals surface area contributed by atoms with Gasteiger partial charge >= 0.3 is 0 Å². The van der Waals surface area contributed by atoms with Crippen molar-refractivity contribution >= 4 is 23.2 Å². The van der Waals surface area contributed by atoms with E-state index in [2.05, 4.69) is 102 Å². The first kappa shape index (κ1) is 14.2. The zero-order valence-corrected chi connectivity index (χ0v) is 14.4. The van der Waals surface area contributed by atoms with Crippen molar-refractivity contribution in [2.24, 2.45) is 7.05 Å². The molecule has 2 nitrogen and oxygen atoms in total. The van der Waals surface area contributed by atoms with Gasteiger partial charge in [0.05, 0.1) is 12.6 Å². The second kappa shape index (κ2) is 5.18. The molecular weight excluding hydrogens is 304 g/mol. The van der Waals surface area contributed by atoms with Crippen molar-refractivity contribution in [3.8, 4) is 17.1 Å². The molecule has 0 bridgehead atoms. The average Bonchev–Trinajstić information content (AvgIpc) is 2.83. The number of imidazole rings is 1.